The summed E-state index contributed by atoms with van der Waals surface area (Å²) in [5.74, 6) is 0.151. The van der Waals surface area contributed by atoms with Crippen LogP contribution in [0.2, 0.25) is 0 Å². The normalized spacial score (nSPS) is 34.5. The van der Waals surface area contributed by atoms with Crippen molar-refractivity contribution in [3.8, 4) is 0 Å². The molecule has 3 heterocycles. The van der Waals surface area contributed by atoms with Crippen LogP contribution in [0.15, 0.2) is 0 Å². The predicted molar refractivity (Wildman–Crippen MR) is 75.5 cm³/mol. The van der Waals surface area contributed by atoms with Crippen LogP contribution in [0.1, 0.15) is 25.7 Å². The number of ether oxygens (including phenoxy) is 2. The summed E-state index contributed by atoms with van der Waals surface area (Å²) in [6.45, 7) is 5.65. The Labute approximate surface area is 121 Å². The molecule has 0 aliphatic carbocycles. The molecular weight excluding hydrogens is 256 g/mol. The Morgan fingerprint density at radius 3 is 2.95 bits per heavy atom. The molecule has 0 aromatic heterocycles. The number of carbonyl (C=O) groups is 1. The molecule has 0 radical (unpaired) electrons. The van der Waals surface area contributed by atoms with Crippen molar-refractivity contribution in [3.05, 3.63) is 0 Å². The second kappa shape index (κ2) is 6.00. The van der Waals surface area contributed by atoms with Gasteiger partial charge in [-0.1, -0.05) is 0 Å². The molecule has 0 aromatic carbocycles. The van der Waals surface area contributed by atoms with Gasteiger partial charge in [-0.15, -0.1) is 0 Å². The Kier molecular flexibility index (Phi) is 4.29. The molecule has 3 rings (SSSR count). The number of rotatable bonds is 4. The van der Waals surface area contributed by atoms with Crippen molar-refractivity contribution in [1.29, 1.82) is 0 Å². The lowest BCUT2D eigenvalue weighted by molar-refractivity contribution is -0.138. The Morgan fingerprint density at radius 2 is 2.15 bits per heavy atom. The first kappa shape index (κ1) is 14.3. The van der Waals surface area contributed by atoms with E-state index < -0.39 is 0 Å². The zero-order valence-corrected chi connectivity index (χ0v) is 12.5. The van der Waals surface area contributed by atoms with E-state index in [9.17, 15) is 4.79 Å². The molecule has 3 fully saturated rings. The van der Waals surface area contributed by atoms with E-state index in [4.69, 9.17) is 9.47 Å². The van der Waals surface area contributed by atoms with Crippen molar-refractivity contribution in [2.45, 2.75) is 31.8 Å². The van der Waals surface area contributed by atoms with Crippen molar-refractivity contribution < 1.29 is 14.3 Å². The van der Waals surface area contributed by atoms with Crippen LogP contribution in [0.25, 0.3) is 0 Å². The van der Waals surface area contributed by atoms with Gasteiger partial charge in [0.05, 0.1) is 12.7 Å². The average molecular weight is 282 g/mol. The first-order valence-corrected chi connectivity index (χ1v) is 7.85. The van der Waals surface area contributed by atoms with Crippen LogP contribution in [0.4, 0.5) is 0 Å². The second-order valence-corrected chi connectivity index (χ2v) is 6.58. The highest BCUT2D eigenvalue weighted by atomic mass is 16.5. The van der Waals surface area contributed by atoms with Crippen molar-refractivity contribution in [3.63, 3.8) is 0 Å². The van der Waals surface area contributed by atoms with E-state index in [1.165, 1.54) is 0 Å². The lowest BCUT2D eigenvalue weighted by atomic mass is 9.77. The van der Waals surface area contributed by atoms with Crippen LogP contribution in [0.5, 0.6) is 0 Å². The molecule has 0 saturated carbocycles. The smallest absolute Gasteiger partial charge is 0.248 e. The first-order chi connectivity index (χ1) is 9.70. The first-order valence-electron chi connectivity index (χ1n) is 7.85. The third-order valence-electron chi connectivity index (χ3n) is 5.03. The van der Waals surface area contributed by atoms with Crippen LogP contribution in [-0.4, -0.2) is 74.9 Å². The van der Waals surface area contributed by atoms with Crippen molar-refractivity contribution in [2.75, 3.05) is 53.0 Å². The molecule has 0 aromatic rings. The van der Waals surface area contributed by atoms with Gasteiger partial charge < -0.3 is 19.3 Å². The number of hydrogen-bond donors (Lipinski definition) is 0. The molecule has 0 bridgehead atoms. The third kappa shape index (κ3) is 2.85. The summed E-state index contributed by atoms with van der Waals surface area (Å²) in [5.41, 5.74) is 0.109. The summed E-state index contributed by atoms with van der Waals surface area (Å²) in [6.07, 6.45) is 4.73. The fraction of sp³-hybridized carbons (Fsp3) is 0.933. The number of fused-ring (bicyclic) bond motifs is 1. The maximum absolute atomic E-state index is 12.0. The van der Waals surface area contributed by atoms with E-state index in [-0.39, 0.29) is 17.9 Å². The Morgan fingerprint density at radius 1 is 1.35 bits per heavy atom. The van der Waals surface area contributed by atoms with E-state index in [0.29, 0.717) is 12.7 Å². The summed E-state index contributed by atoms with van der Waals surface area (Å²) >= 11 is 0. The minimum atomic E-state index is 0.109. The zero-order chi connectivity index (χ0) is 14.0. The molecule has 3 aliphatic rings. The monoisotopic (exact) mass is 282 g/mol. The quantitative estimate of drug-likeness (QED) is 0.762. The number of piperidine rings is 1. The van der Waals surface area contributed by atoms with Crippen LogP contribution < -0.4 is 0 Å². The van der Waals surface area contributed by atoms with Gasteiger partial charge in [-0.25, -0.2) is 0 Å². The zero-order valence-electron chi connectivity index (χ0n) is 12.5. The molecule has 5 nitrogen and oxygen atoms in total. The van der Waals surface area contributed by atoms with Crippen molar-refractivity contribution in [1.82, 2.24) is 9.80 Å². The highest BCUT2D eigenvalue weighted by molar-refractivity contribution is 5.77. The van der Waals surface area contributed by atoms with E-state index in [1.807, 2.05) is 4.90 Å². The lowest BCUT2D eigenvalue weighted by Crippen LogP contribution is -2.50. The van der Waals surface area contributed by atoms with Gasteiger partial charge in [0, 0.05) is 38.2 Å². The van der Waals surface area contributed by atoms with E-state index in [0.717, 1.165) is 58.5 Å². The number of carbonyl (C=O) groups excluding carboxylic acids is 1. The largest absolute Gasteiger partial charge is 0.377 e. The maximum atomic E-state index is 12.0. The molecule has 0 spiro atoms. The molecule has 0 unspecified atom stereocenters. The molecule has 2 atom stereocenters. The molecule has 3 aliphatic heterocycles. The fourth-order valence-electron chi connectivity index (χ4n) is 3.88. The molecule has 114 valence electrons. The highest BCUT2D eigenvalue weighted by Crippen LogP contribution is 2.40. The minimum Gasteiger partial charge on any atom is -0.377 e. The summed E-state index contributed by atoms with van der Waals surface area (Å²) in [6, 6.07) is 0. The molecule has 20 heavy (non-hydrogen) atoms. The topological polar surface area (TPSA) is 42.0 Å². The van der Waals surface area contributed by atoms with Gasteiger partial charge in [0.25, 0.3) is 0 Å². The standard InChI is InChI=1S/C15H26N2O3/c1-16-8-4-13-15(11-16,5-9-20-13)12-19-10-14(18)17-6-2-3-7-17/h13H,2-12H2,1H3/t13-,15+/m0/s1. The summed E-state index contributed by atoms with van der Waals surface area (Å²) in [4.78, 5) is 16.3. The summed E-state index contributed by atoms with van der Waals surface area (Å²) in [7, 11) is 2.16. The minimum absolute atomic E-state index is 0.109. The van der Waals surface area contributed by atoms with Gasteiger partial charge in [-0.2, -0.15) is 0 Å². The molecule has 5 heteroatoms. The number of amides is 1. The van der Waals surface area contributed by atoms with Gasteiger partial charge in [-0.05, 0) is 32.7 Å². The van der Waals surface area contributed by atoms with Crippen molar-refractivity contribution >= 4 is 5.91 Å². The average Bonchev–Trinajstić information content (AvgIpc) is 3.07. The lowest BCUT2D eigenvalue weighted by Gasteiger charge is -2.42. The molecule has 1 amide bonds. The second-order valence-electron chi connectivity index (χ2n) is 6.58. The third-order valence-corrected chi connectivity index (χ3v) is 5.03. The Bertz CT molecular complexity index is 357. The van der Waals surface area contributed by atoms with Crippen LogP contribution in [0, 0.1) is 5.41 Å². The van der Waals surface area contributed by atoms with Gasteiger partial charge in [0.15, 0.2) is 0 Å². The predicted octanol–water partition coefficient (Wildman–Crippen LogP) is 0.736. The van der Waals surface area contributed by atoms with E-state index >= 15 is 0 Å². The van der Waals surface area contributed by atoms with Crippen LogP contribution in [0.3, 0.4) is 0 Å². The highest BCUT2D eigenvalue weighted by Gasteiger charge is 2.47. The SMILES string of the molecule is CN1CC[C@@H]2OCC[C@]2(COCC(=O)N2CCCC2)C1. The fourth-order valence-corrected chi connectivity index (χ4v) is 3.88. The van der Waals surface area contributed by atoms with Crippen LogP contribution >= 0.6 is 0 Å². The Hall–Kier alpha value is -0.650. The van der Waals surface area contributed by atoms with Gasteiger partial charge in [0.2, 0.25) is 5.91 Å². The number of likely N-dealkylation sites (tertiary alicyclic amines) is 2. The van der Waals surface area contributed by atoms with Gasteiger partial charge in [-0.3, -0.25) is 4.79 Å². The summed E-state index contributed by atoms with van der Waals surface area (Å²) in [5, 5.41) is 0. The number of nitrogens with zero attached hydrogens (tertiary/aromatic N) is 2. The van der Waals surface area contributed by atoms with E-state index in [1.54, 1.807) is 0 Å². The molecular formula is C15H26N2O3. The van der Waals surface area contributed by atoms with Crippen molar-refractivity contribution in [2.24, 2.45) is 5.41 Å². The maximum Gasteiger partial charge on any atom is 0.248 e. The number of hydrogen-bond acceptors (Lipinski definition) is 4. The molecule has 3 saturated heterocycles. The Balaban J connectivity index is 1.50. The van der Waals surface area contributed by atoms with Gasteiger partial charge in [0.1, 0.15) is 6.61 Å². The van der Waals surface area contributed by atoms with E-state index in [2.05, 4.69) is 11.9 Å². The summed E-state index contributed by atoms with van der Waals surface area (Å²) < 4.78 is 11.7. The molecule has 0 N–H and O–H groups in total. The van der Waals surface area contributed by atoms with Crippen LogP contribution in [-0.2, 0) is 14.3 Å². The van der Waals surface area contributed by atoms with Gasteiger partial charge >= 0.3 is 0 Å².